The molecule has 0 spiro atoms. The number of aromatic nitrogens is 4. The molecule has 0 radical (unpaired) electrons. The van der Waals surface area contributed by atoms with Crippen molar-refractivity contribution in [3.63, 3.8) is 0 Å². The molecule has 1 aliphatic rings. The number of anilines is 3. The van der Waals surface area contributed by atoms with Gasteiger partial charge in [0.1, 0.15) is 16.5 Å². The van der Waals surface area contributed by atoms with Crippen molar-refractivity contribution in [2.75, 3.05) is 45.9 Å². The molecule has 14 heteroatoms. The third kappa shape index (κ3) is 7.59. The Bertz CT molecular complexity index is 1700. The number of hydrogen-bond donors (Lipinski definition) is 3. The van der Waals surface area contributed by atoms with Crippen LogP contribution in [0, 0.1) is 5.92 Å². The average Bonchev–Trinajstić information content (AvgIpc) is 3.81. The van der Waals surface area contributed by atoms with Gasteiger partial charge in [-0.3, -0.25) is 19.4 Å². The number of ether oxygens (including phenoxy) is 1. The molecule has 3 N–H and O–H groups in total. The third-order valence-electron chi connectivity index (χ3n) is 7.01. The number of carbonyl (C=O) groups excluding carboxylic acids is 3. The molecular formula is C31H35N9O4S. The first-order chi connectivity index (χ1) is 21.7. The second kappa shape index (κ2) is 13.8. The maximum absolute atomic E-state index is 13.1. The van der Waals surface area contributed by atoms with Crippen molar-refractivity contribution in [2.45, 2.75) is 25.9 Å². The minimum atomic E-state index is -0.446. The molecule has 1 saturated carbocycles. The van der Waals surface area contributed by atoms with Crippen molar-refractivity contribution in [2.24, 2.45) is 5.92 Å². The highest BCUT2D eigenvalue weighted by atomic mass is 32.1. The second-order valence-electron chi connectivity index (χ2n) is 10.9. The van der Waals surface area contributed by atoms with Gasteiger partial charge < -0.3 is 30.5 Å². The first-order valence-corrected chi connectivity index (χ1v) is 15.1. The normalized spacial score (nSPS) is 12.5. The number of thiazole rings is 1. The van der Waals surface area contributed by atoms with E-state index in [-0.39, 0.29) is 29.2 Å². The summed E-state index contributed by atoms with van der Waals surface area (Å²) in [5.41, 5.74) is 2.67. The van der Waals surface area contributed by atoms with Gasteiger partial charge in [-0.15, -0.1) is 21.5 Å². The van der Waals surface area contributed by atoms with E-state index in [2.05, 4.69) is 41.0 Å². The van der Waals surface area contributed by atoms with E-state index in [9.17, 15) is 14.4 Å². The van der Waals surface area contributed by atoms with Crippen LogP contribution in [0.25, 0.3) is 11.1 Å². The first kappa shape index (κ1) is 31.5. The lowest BCUT2D eigenvalue weighted by atomic mass is 10.0. The quantitative estimate of drug-likeness (QED) is 0.211. The molecule has 45 heavy (non-hydrogen) atoms. The van der Waals surface area contributed by atoms with Gasteiger partial charge in [-0.1, -0.05) is 18.2 Å². The Morgan fingerprint density at radius 1 is 1.00 bits per heavy atom. The van der Waals surface area contributed by atoms with Gasteiger partial charge in [-0.05, 0) is 39.1 Å². The molecule has 1 aliphatic carbocycles. The van der Waals surface area contributed by atoms with Gasteiger partial charge in [0.25, 0.3) is 11.8 Å². The molecule has 3 heterocycles. The van der Waals surface area contributed by atoms with E-state index < -0.39 is 5.91 Å². The second-order valence-corrected chi connectivity index (χ2v) is 12.1. The number of pyridine rings is 1. The number of nitrogens with one attached hydrogen (secondary N) is 3. The highest BCUT2D eigenvalue weighted by Gasteiger charge is 2.30. The molecular weight excluding hydrogens is 594 g/mol. The Kier molecular flexibility index (Phi) is 9.64. The summed E-state index contributed by atoms with van der Waals surface area (Å²) in [6.45, 7) is 1.18. The molecule has 5 rings (SSSR count). The summed E-state index contributed by atoms with van der Waals surface area (Å²) in [6, 6.07) is 10.5. The van der Waals surface area contributed by atoms with Crippen LogP contribution in [0.5, 0.6) is 5.75 Å². The van der Waals surface area contributed by atoms with E-state index in [1.165, 1.54) is 7.05 Å². The van der Waals surface area contributed by atoms with Crippen molar-refractivity contribution < 1.29 is 19.1 Å². The monoisotopic (exact) mass is 629 g/mol. The molecule has 4 aromatic rings. The number of carbonyl (C=O) groups is 3. The van der Waals surface area contributed by atoms with Crippen LogP contribution in [0.4, 0.5) is 17.2 Å². The summed E-state index contributed by atoms with van der Waals surface area (Å²) in [6.07, 6.45) is 5.15. The summed E-state index contributed by atoms with van der Waals surface area (Å²) in [7, 11) is 8.77. The fourth-order valence-electron chi connectivity index (χ4n) is 4.59. The van der Waals surface area contributed by atoms with Crippen LogP contribution in [0.3, 0.4) is 0 Å². The minimum absolute atomic E-state index is 0.0198. The smallest absolute Gasteiger partial charge is 0.273 e. The van der Waals surface area contributed by atoms with Crippen molar-refractivity contribution in [3.8, 4) is 16.9 Å². The molecule has 0 atom stereocenters. The van der Waals surface area contributed by atoms with Crippen molar-refractivity contribution in [1.82, 2.24) is 35.3 Å². The Labute approximate surface area is 265 Å². The zero-order valence-corrected chi connectivity index (χ0v) is 26.6. The van der Waals surface area contributed by atoms with E-state index >= 15 is 0 Å². The predicted octanol–water partition coefficient (Wildman–Crippen LogP) is 3.79. The van der Waals surface area contributed by atoms with Gasteiger partial charge in [-0.2, -0.15) is 0 Å². The number of methoxy groups -OCH3 is 1. The molecule has 3 aromatic heterocycles. The topological polar surface area (TPSA) is 155 Å². The van der Waals surface area contributed by atoms with E-state index in [1.807, 2.05) is 38.5 Å². The fraction of sp³-hybridized carbons (Fsp3) is 0.323. The first-order valence-electron chi connectivity index (χ1n) is 14.3. The van der Waals surface area contributed by atoms with Crippen LogP contribution in [-0.4, -0.2) is 83.0 Å². The van der Waals surface area contributed by atoms with Crippen LogP contribution in [0.2, 0.25) is 0 Å². The number of para-hydroxylation sites is 1. The van der Waals surface area contributed by atoms with Gasteiger partial charge in [0.05, 0.1) is 25.0 Å². The number of nitrogens with zero attached hydrogens (tertiary/aromatic N) is 6. The summed E-state index contributed by atoms with van der Waals surface area (Å²) in [5, 5.41) is 17.5. The van der Waals surface area contributed by atoms with E-state index in [0.717, 1.165) is 34.8 Å². The largest absolute Gasteiger partial charge is 0.494 e. The zero-order valence-electron chi connectivity index (χ0n) is 25.7. The molecule has 0 saturated heterocycles. The lowest BCUT2D eigenvalue weighted by molar-refractivity contribution is -0.117. The van der Waals surface area contributed by atoms with Crippen molar-refractivity contribution >= 4 is 46.3 Å². The van der Waals surface area contributed by atoms with Gasteiger partial charge in [0.15, 0.2) is 11.5 Å². The van der Waals surface area contributed by atoms with Gasteiger partial charge in [0.2, 0.25) is 5.91 Å². The van der Waals surface area contributed by atoms with Gasteiger partial charge in [-0.25, -0.2) is 4.98 Å². The molecule has 3 amide bonds. The number of benzene rings is 1. The number of amides is 3. The van der Waals surface area contributed by atoms with Crippen LogP contribution >= 0.6 is 11.3 Å². The highest BCUT2D eigenvalue weighted by Crippen LogP contribution is 2.38. The molecule has 1 aromatic carbocycles. The highest BCUT2D eigenvalue weighted by molar-refractivity contribution is 7.11. The maximum atomic E-state index is 13.1. The Balaban J connectivity index is 1.35. The van der Waals surface area contributed by atoms with Crippen LogP contribution in [0.15, 0.2) is 48.8 Å². The molecule has 0 unspecified atom stereocenters. The summed E-state index contributed by atoms with van der Waals surface area (Å²) in [5.74, 6) is -0.0937. The Morgan fingerprint density at radius 2 is 1.80 bits per heavy atom. The van der Waals surface area contributed by atoms with Gasteiger partial charge >= 0.3 is 0 Å². The Morgan fingerprint density at radius 3 is 2.47 bits per heavy atom. The minimum Gasteiger partial charge on any atom is -0.494 e. The summed E-state index contributed by atoms with van der Waals surface area (Å²) in [4.78, 5) is 51.7. The fourth-order valence-corrected chi connectivity index (χ4v) is 5.69. The molecule has 1 fully saturated rings. The average molecular weight is 630 g/mol. The van der Waals surface area contributed by atoms with E-state index in [4.69, 9.17) is 4.74 Å². The number of hydrogen-bond acceptors (Lipinski definition) is 11. The molecule has 13 nitrogen and oxygen atoms in total. The number of rotatable bonds is 12. The molecule has 0 bridgehead atoms. The third-order valence-corrected chi connectivity index (χ3v) is 7.98. The van der Waals surface area contributed by atoms with Crippen LogP contribution < -0.4 is 20.7 Å². The SMILES string of the molecule is CNC(=O)c1nnc(NC(=O)C2CC2)cc1Nc1cccc(-c2ccc(C(=O)N(C)Cc3ncc(CN(C)C)s3)nc2)c1OC. The van der Waals surface area contributed by atoms with Gasteiger partial charge in [0, 0.05) is 61.0 Å². The lowest BCUT2D eigenvalue weighted by Crippen LogP contribution is -2.26. The van der Waals surface area contributed by atoms with E-state index in [0.29, 0.717) is 34.9 Å². The maximum Gasteiger partial charge on any atom is 0.273 e. The standard InChI is InChI=1S/C31H35N9O4S/c1-32-30(42)27-24(13-25(37-38-27)36-29(41)18-9-10-18)35-22-8-6-7-21(28(22)44-5)19-11-12-23(33-14-19)31(43)40(4)17-26-34-15-20(45-26)16-39(2)3/h6-8,11-15,18H,9-10,16-17H2,1-5H3,(H,32,42)(H2,35,36,37,41). The van der Waals surface area contributed by atoms with Crippen LogP contribution in [0.1, 0.15) is 43.7 Å². The van der Waals surface area contributed by atoms with Crippen molar-refractivity contribution in [1.29, 1.82) is 0 Å². The zero-order chi connectivity index (χ0) is 32.1. The van der Waals surface area contributed by atoms with Crippen LogP contribution in [-0.2, 0) is 17.9 Å². The summed E-state index contributed by atoms with van der Waals surface area (Å²) < 4.78 is 5.79. The lowest BCUT2D eigenvalue weighted by Gasteiger charge is -2.17. The summed E-state index contributed by atoms with van der Waals surface area (Å²) >= 11 is 1.58. The Hall–Kier alpha value is -4.95. The predicted molar refractivity (Wildman–Crippen MR) is 172 cm³/mol. The molecule has 0 aliphatic heterocycles. The van der Waals surface area contributed by atoms with E-state index in [1.54, 1.807) is 54.8 Å². The van der Waals surface area contributed by atoms with Crippen molar-refractivity contribution in [3.05, 3.63) is 70.1 Å². The molecule has 234 valence electrons.